The minimum absolute atomic E-state index is 0. The van der Waals surface area contributed by atoms with E-state index in [4.69, 9.17) is 0 Å². The topological polar surface area (TPSA) is 6.48 Å². The van der Waals surface area contributed by atoms with Crippen LogP contribution in [-0.4, -0.2) is 35.6 Å². The van der Waals surface area contributed by atoms with Crippen LogP contribution in [0.1, 0.15) is 239 Å². The van der Waals surface area contributed by atoms with E-state index < -0.39 is 0 Å². The first-order chi connectivity index (χ1) is 26.0. The second kappa shape index (κ2) is 23.4. The summed E-state index contributed by atoms with van der Waals surface area (Å²) in [6, 6.07) is 12.6. The van der Waals surface area contributed by atoms with Crippen molar-refractivity contribution in [2.24, 2.45) is 29.6 Å². The Bertz CT molecular complexity index is 1120. The lowest BCUT2D eigenvalue weighted by molar-refractivity contribution is 0.0370. The molecule has 0 aromatic heterocycles. The summed E-state index contributed by atoms with van der Waals surface area (Å²) in [6.07, 6.45) is 44.3. The molecule has 2 unspecified atom stereocenters. The third kappa shape index (κ3) is 12.2. The molecule has 4 fully saturated rings. The molecular weight excluding hydrogens is 653 g/mol. The van der Waals surface area contributed by atoms with Gasteiger partial charge in [-0.05, 0) is 119 Å². The highest BCUT2D eigenvalue weighted by molar-refractivity contribution is 5.61. The molecule has 4 aliphatic carbocycles. The lowest BCUT2D eigenvalue weighted by Crippen LogP contribution is -2.50. The molecule has 1 aliphatic heterocycles. The molecule has 5 aliphatic rings. The fraction of sp³-hybridized carbons (Fsp3) is 0.885. The van der Waals surface area contributed by atoms with Crippen molar-refractivity contribution in [3.63, 3.8) is 0 Å². The number of fused-ring (bicyclic) bond motifs is 1. The van der Waals surface area contributed by atoms with Gasteiger partial charge in [-0.1, -0.05) is 168 Å². The van der Waals surface area contributed by atoms with Crippen LogP contribution in [0.15, 0.2) is 24.3 Å². The Morgan fingerprint density at radius 1 is 0.630 bits per heavy atom. The Kier molecular flexibility index (Phi) is 19.1. The highest BCUT2D eigenvalue weighted by Crippen LogP contribution is 2.44. The number of hydrogen-bond donors (Lipinski definition) is 0. The van der Waals surface area contributed by atoms with Crippen LogP contribution in [-0.2, 0) is 0 Å². The number of unbranched alkanes of at least 4 members (excludes halogenated alkanes) is 4. The summed E-state index contributed by atoms with van der Waals surface area (Å²) in [7, 11) is 0. The van der Waals surface area contributed by atoms with Crippen LogP contribution in [0, 0.1) is 29.6 Å². The van der Waals surface area contributed by atoms with Gasteiger partial charge in [0.25, 0.3) is 0 Å². The van der Waals surface area contributed by atoms with Crippen molar-refractivity contribution in [3.8, 4) is 0 Å². The number of benzene rings is 1. The predicted molar refractivity (Wildman–Crippen MR) is 239 cm³/mol. The fourth-order valence-corrected chi connectivity index (χ4v) is 13.2. The molecule has 6 rings (SSSR count). The van der Waals surface area contributed by atoms with Crippen LogP contribution in [0.5, 0.6) is 0 Å². The number of para-hydroxylation sites is 1. The number of rotatable bonds is 18. The molecule has 2 nitrogen and oxygen atoms in total. The summed E-state index contributed by atoms with van der Waals surface area (Å²) < 4.78 is 0. The third-order valence-electron chi connectivity index (χ3n) is 16.5. The molecule has 6 atom stereocenters. The minimum atomic E-state index is 0. The third-order valence-corrected chi connectivity index (χ3v) is 16.5. The SMILES string of the molecule is C.CCCCCCN1c2ccccc2[C@@H](C)C1CCCCC1CCC(N([C@@H]2CCC[C@H](C3CCCCCC3)CC2)[C@@H](C)CCC(C)C2CCCCC2)CC1. The molecule has 1 aromatic carbocycles. The smallest absolute Gasteiger partial charge is 0.0404 e. The average molecular weight is 745 g/mol. The Hall–Kier alpha value is -1.02. The van der Waals surface area contributed by atoms with Crippen LogP contribution < -0.4 is 4.90 Å². The molecule has 310 valence electrons. The lowest BCUT2D eigenvalue weighted by atomic mass is 9.78. The maximum Gasteiger partial charge on any atom is 0.0404 e. The van der Waals surface area contributed by atoms with Gasteiger partial charge in [-0.15, -0.1) is 0 Å². The molecule has 1 heterocycles. The first kappa shape index (κ1) is 44.1. The van der Waals surface area contributed by atoms with Gasteiger partial charge in [-0.25, -0.2) is 0 Å². The van der Waals surface area contributed by atoms with Gasteiger partial charge in [-0.3, -0.25) is 4.90 Å². The first-order valence-electron chi connectivity index (χ1n) is 24.7. The lowest BCUT2D eigenvalue weighted by Gasteiger charge is -2.45. The summed E-state index contributed by atoms with van der Waals surface area (Å²) in [5.41, 5.74) is 3.16. The van der Waals surface area contributed by atoms with Crippen LogP contribution in [0.25, 0.3) is 0 Å². The van der Waals surface area contributed by atoms with Gasteiger partial charge in [-0.2, -0.15) is 0 Å². The molecule has 0 bridgehead atoms. The van der Waals surface area contributed by atoms with Crippen molar-refractivity contribution in [3.05, 3.63) is 29.8 Å². The highest BCUT2D eigenvalue weighted by Gasteiger charge is 2.37. The van der Waals surface area contributed by atoms with Crippen molar-refractivity contribution in [1.29, 1.82) is 0 Å². The number of anilines is 1. The standard InChI is InChI=1S/C51H88N2.CH4/c1-5-6-7-19-39-52-50(42(4)49-28-16-18-30-51(49)52)29-17-15-21-43-33-36-48(37-34-43)53(41(3)32-31-40(2)44-22-13-10-14-23-44)47-27-20-26-46(35-38-47)45-24-11-8-9-12-25-45;/h16,18,28,30,40-48,50H,5-15,17,19-27,29,31-39H2,1-4H3;1H4/t40?,41-,42+,43?,46-,47+,48?,50?;/m0./s1. The van der Waals surface area contributed by atoms with Gasteiger partial charge in [0.05, 0.1) is 0 Å². The maximum absolute atomic E-state index is 3.23. The molecule has 0 radical (unpaired) electrons. The van der Waals surface area contributed by atoms with Crippen molar-refractivity contribution >= 4 is 5.69 Å². The molecule has 0 amide bonds. The van der Waals surface area contributed by atoms with E-state index in [1.165, 1.54) is 186 Å². The van der Waals surface area contributed by atoms with Gasteiger partial charge in [0.15, 0.2) is 0 Å². The number of nitrogens with zero attached hydrogens (tertiary/aromatic N) is 2. The van der Waals surface area contributed by atoms with Crippen LogP contribution >= 0.6 is 0 Å². The predicted octanol–water partition coefficient (Wildman–Crippen LogP) is 15.9. The quantitative estimate of drug-likeness (QED) is 0.109. The van der Waals surface area contributed by atoms with Crippen LogP contribution in [0.2, 0.25) is 0 Å². The van der Waals surface area contributed by atoms with Crippen molar-refractivity contribution in [2.75, 3.05) is 11.4 Å². The monoisotopic (exact) mass is 745 g/mol. The normalized spacial score (nSPS) is 30.0. The zero-order valence-electron chi connectivity index (χ0n) is 35.9. The van der Waals surface area contributed by atoms with E-state index in [-0.39, 0.29) is 7.43 Å². The van der Waals surface area contributed by atoms with E-state index in [9.17, 15) is 0 Å². The molecule has 4 saturated carbocycles. The van der Waals surface area contributed by atoms with Gasteiger partial charge in [0.1, 0.15) is 0 Å². The van der Waals surface area contributed by atoms with E-state index in [1.54, 1.807) is 24.1 Å². The molecule has 0 spiro atoms. The first-order valence-corrected chi connectivity index (χ1v) is 24.7. The largest absolute Gasteiger partial charge is 0.368 e. The zero-order chi connectivity index (χ0) is 36.8. The average Bonchev–Trinajstić information content (AvgIpc) is 3.47. The molecule has 1 aromatic rings. The Balaban J connectivity index is 0.00000561. The van der Waals surface area contributed by atoms with Crippen molar-refractivity contribution < 1.29 is 0 Å². The van der Waals surface area contributed by atoms with Crippen LogP contribution in [0.3, 0.4) is 0 Å². The number of hydrogen-bond acceptors (Lipinski definition) is 2. The second-order valence-electron chi connectivity index (χ2n) is 20.1. The summed E-state index contributed by atoms with van der Waals surface area (Å²) >= 11 is 0. The summed E-state index contributed by atoms with van der Waals surface area (Å²) in [5, 5.41) is 0. The summed E-state index contributed by atoms with van der Waals surface area (Å²) in [6.45, 7) is 11.4. The highest BCUT2D eigenvalue weighted by atomic mass is 15.2. The van der Waals surface area contributed by atoms with E-state index in [1.807, 2.05) is 0 Å². The second-order valence-corrected chi connectivity index (χ2v) is 20.1. The van der Waals surface area contributed by atoms with Crippen molar-refractivity contribution in [2.45, 2.75) is 258 Å². The zero-order valence-corrected chi connectivity index (χ0v) is 35.9. The maximum atomic E-state index is 3.23. The molecule has 2 heteroatoms. The Morgan fingerprint density at radius 2 is 1.26 bits per heavy atom. The van der Waals surface area contributed by atoms with E-state index >= 15 is 0 Å². The molecule has 54 heavy (non-hydrogen) atoms. The van der Waals surface area contributed by atoms with Gasteiger partial charge < -0.3 is 4.90 Å². The molecule has 0 saturated heterocycles. The Morgan fingerprint density at radius 3 is 2.02 bits per heavy atom. The Labute approximate surface area is 338 Å². The van der Waals surface area contributed by atoms with E-state index in [0.29, 0.717) is 12.0 Å². The molecule has 0 N–H and O–H groups in total. The summed E-state index contributed by atoms with van der Waals surface area (Å²) in [4.78, 5) is 6.06. The van der Waals surface area contributed by atoms with E-state index in [2.05, 4.69) is 61.8 Å². The van der Waals surface area contributed by atoms with Gasteiger partial charge in [0.2, 0.25) is 0 Å². The fourth-order valence-electron chi connectivity index (χ4n) is 13.2. The van der Waals surface area contributed by atoms with Gasteiger partial charge >= 0.3 is 0 Å². The summed E-state index contributed by atoms with van der Waals surface area (Å²) in [5.74, 6) is 5.68. The molecular formula is C52H92N2. The van der Waals surface area contributed by atoms with Crippen molar-refractivity contribution in [1.82, 2.24) is 4.90 Å². The van der Waals surface area contributed by atoms with Gasteiger partial charge in [0, 0.05) is 42.3 Å². The van der Waals surface area contributed by atoms with Crippen LogP contribution in [0.4, 0.5) is 5.69 Å². The van der Waals surface area contributed by atoms with E-state index in [0.717, 1.165) is 47.7 Å². The minimum Gasteiger partial charge on any atom is -0.368 e.